The number of hydrogen-bond acceptors (Lipinski definition) is 5. The van der Waals surface area contributed by atoms with Gasteiger partial charge in [-0.15, -0.1) is 5.10 Å². The van der Waals surface area contributed by atoms with Crippen LogP contribution in [0.3, 0.4) is 0 Å². The smallest absolute Gasteiger partial charge is 0.416 e. The molecule has 0 fully saturated rings. The summed E-state index contributed by atoms with van der Waals surface area (Å²) in [7, 11) is 4.65. The van der Waals surface area contributed by atoms with E-state index >= 15 is 0 Å². The van der Waals surface area contributed by atoms with Crippen LogP contribution in [0.25, 0.3) is 27.6 Å². The van der Waals surface area contributed by atoms with Gasteiger partial charge in [-0.25, -0.2) is 0 Å². The molecule has 0 bridgehead atoms. The van der Waals surface area contributed by atoms with Gasteiger partial charge in [0.15, 0.2) is 0 Å². The lowest BCUT2D eigenvalue weighted by atomic mass is 9.92. The molecule has 12 heteroatoms. The van der Waals surface area contributed by atoms with Gasteiger partial charge in [-0.1, -0.05) is 11.3 Å². The van der Waals surface area contributed by atoms with Crippen molar-refractivity contribution in [2.45, 2.75) is 25.6 Å². The number of ether oxygens (including phenoxy) is 1. The van der Waals surface area contributed by atoms with Crippen LogP contribution in [0, 0.1) is 0 Å². The first-order valence-corrected chi connectivity index (χ1v) is 13.0. The van der Waals surface area contributed by atoms with Crippen molar-refractivity contribution >= 4 is 28.3 Å². The highest BCUT2D eigenvalue weighted by Crippen LogP contribution is 2.41. The van der Waals surface area contributed by atoms with Crippen LogP contribution in [0.4, 0.5) is 13.2 Å². The number of aromatic nitrogens is 4. The molecule has 41 heavy (non-hydrogen) atoms. The number of carbonyl (C=O) groups excluding carboxylic acids is 2. The number of methoxy groups -OCH3 is 1. The number of hydrogen-bond donors (Lipinski definition) is 1. The molecular weight excluding hydrogens is 537 g/mol. The Balaban J connectivity index is 1.57. The van der Waals surface area contributed by atoms with Crippen LogP contribution in [0.15, 0.2) is 54.9 Å². The summed E-state index contributed by atoms with van der Waals surface area (Å²) >= 11 is 0. The van der Waals surface area contributed by atoms with Crippen molar-refractivity contribution in [2.75, 3.05) is 34.3 Å². The summed E-state index contributed by atoms with van der Waals surface area (Å²) in [5.41, 5.74) is 2.38. The Kier molecular flexibility index (Phi) is 7.57. The molecule has 2 amide bonds. The Labute approximate surface area is 234 Å². The number of alkyl halides is 3. The molecule has 2 aromatic carbocycles. The summed E-state index contributed by atoms with van der Waals surface area (Å²) in [6, 6.07) is 8.64. The fraction of sp³-hybridized carbons (Fsp3) is 0.310. The zero-order valence-corrected chi connectivity index (χ0v) is 22.8. The first kappa shape index (κ1) is 27.9. The maximum absolute atomic E-state index is 13.7. The van der Waals surface area contributed by atoms with Gasteiger partial charge in [-0.05, 0) is 59.5 Å². The summed E-state index contributed by atoms with van der Waals surface area (Å²) in [4.78, 5) is 32.1. The van der Waals surface area contributed by atoms with Crippen LogP contribution in [0.1, 0.15) is 34.5 Å². The number of rotatable bonds is 7. The first-order chi connectivity index (χ1) is 19.5. The van der Waals surface area contributed by atoms with Crippen molar-refractivity contribution in [1.82, 2.24) is 29.8 Å². The van der Waals surface area contributed by atoms with Gasteiger partial charge in [0.25, 0.3) is 5.91 Å². The number of fused-ring (bicyclic) bond motifs is 1. The summed E-state index contributed by atoms with van der Waals surface area (Å²) in [6.07, 6.45) is 1.61. The third-order valence-corrected chi connectivity index (χ3v) is 7.09. The van der Waals surface area contributed by atoms with Crippen LogP contribution >= 0.6 is 0 Å². The molecule has 9 nitrogen and oxygen atoms in total. The number of nitrogens with zero attached hydrogens (tertiary/aromatic N) is 5. The van der Waals surface area contributed by atoms with Gasteiger partial charge in [-0.2, -0.15) is 13.2 Å². The largest absolute Gasteiger partial charge is 0.496 e. The van der Waals surface area contributed by atoms with Gasteiger partial charge >= 0.3 is 6.18 Å². The Bertz CT molecular complexity index is 1620. The lowest BCUT2D eigenvalue weighted by Crippen LogP contribution is -2.36. The van der Waals surface area contributed by atoms with E-state index in [1.165, 1.54) is 18.1 Å². The highest BCUT2D eigenvalue weighted by molar-refractivity contribution is 6.05. The molecule has 2 aromatic heterocycles. The third kappa shape index (κ3) is 5.81. The quantitative estimate of drug-likeness (QED) is 0.345. The van der Waals surface area contributed by atoms with Crippen molar-refractivity contribution in [3.63, 3.8) is 0 Å². The van der Waals surface area contributed by atoms with E-state index in [0.29, 0.717) is 48.2 Å². The number of aromatic amines is 1. The van der Waals surface area contributed by atoms with E-state index in [1.807, 2.05) is 12.1 Å². The number of amides is 2. The SMILES string of the molecule is COc1ccc(C(F)(F)F)cc1-c1cc(C2=CCCN(C(=O)CCn3ccnn3)C2)cc2[nH]c(C(=O)N(C)C)cc12. The molecule has 3 heterocycles. The molecule has 0 spiro atoms. The second kappa shape index (κ2) is 11.1. The molecule has 0 aliphatic carbocycles. The number of halogens is 3. The molecule has 0 unspecified atom stereocenters. The predicted octanol–water partition coefficient (Wildman–Crippen LogP) is 4.86. The molecular formula is C29H29F3N6O3. The lowest BCUT2D eigenvalue weighted by Gasteiger charge is -2.28. The van der Waals surface area contributed by atoms with Crippen LogP contribution in [0.5, 0.6) is 5.75 Å². The minimum atomic E-state index is -4.55. The maximum atomic E-state index is 13.7. The van der Waals surface area contributed by atoms with Gasteiger partial charge in [0, 0.05) is 56.3 Å². The fourth-order valence-corrected chi connectivity index (χ4v) is 4.98. The molecule has 0 atom stereocenters. The Hall–Kier alpha value is -4.61. The monoisotopic (exact) mass is 566 g/mol. The fourth-order valence-electron chi connectivity index (χ4n) is 4.98. The van der Waals surface area contributed by atoms with Crippen LogP contribution in [0.2, 0.25) is 0 Å². The zero-order valence-electron chi connectivity index (χ0n) is 22.8. The predicted molar refractivity (Wildman–Crippen MR) is 147 cm³/mol. The van der Waals surface area contributed by atoms with Crippen LogP contribution in [-0.2, 0) is 17.5 Å². The van der Waals surface area contributed by atoms with Gasteiger partial charge in [0.05, 0.1) is 25.4 Å². The summed E-state index contributed by atoms with van der Waals surface area (Å²) in [5, 5.41) is 8.23. The highest BCUT2D eigenvalue weighted by Gasteiger charge is 2.32. The number of carbonyl (C=O) groups is 2. The first-order valence-electron chi connectivity index (χ1n) is 13.0. The van der Waals surface area contributed by atoms with Gasteiger partial charge in [0.2, 0.25) is 5.91 Å². The molecule has 0 saturated heterocycles. The van der Waals surface area contributed by atoms with E-state index in [0.717, 1.165) is 23.3 Å². The second-order valence-electron chi connectivity index (χ2n) is 10.0. The van der Waals surface area contributed by atoms with Crippen molar-refractivity contribution < 1.29 is 27.5 Å². The van der Waals surface area contributed by atoms with Crippen molar-refractivity contribution in [3.05, 3.63) is 71.7 Å². The van der Waals surface area contributed by atoms with Crippen molar-refractivity contribution in [2.24, 2.45) is 0 Å². The molecule has 1 aliphatic rings. The number of aryl methyl sites for hydroxylation is 1. The standard InChI is InChI=1S/C29H29F3N6O3/c1-36(2)28(40)25-16-22-21(23-15-20(29(30,31)32)6-7-26(23)41-3)13-19(14-24(22)34-25)18-5-4-10-37(17-18)27(39)8-11-38-12-9-33-35-38/h5-7,9,12-16,34H,4,8,10-11,17H2,1-3H3. The van der Waals surface area contributed by atoms with Crippen LogP contribution in [-0.4, -0.2) is 75.9 Å². The molecule has 0 saturated carbocycles. The average Bonchev–Trinajstić information content (AvgIpc) is 3.64. The van der Waals surface area contributed by atoms with Gasteiger partial charge in [0.1, 0.15) is 11.4 Å². The van der Waals surface area contributed by atoms with Crippen molar-refractivity contribution in [1.29, 1.82) is 0 Å². The van der Waals surface area contributed by atoms with Gasteiger partial charge in [-0.3, -0.25) is 14.3 Å². The van der Waals surface area contributed by atoms with Crippen LogP contribution < -0.4 is 4.74 Å². The third-order valence-electron chi connectivity index (χ3n) is 7.09. The van der Waals surface area contributed by atoms with E-state index in [-0.39, 0.29) is 29.5 Å². The van der Waals surface area contributed by atoms with E-state index in [4.69, 9.17) is 4.74 Å². The minimum Gasteiger partial charge on any atom is -0.496 e. The second-order valence-corrected chi connectivity index (χ2v) is 10.0. The van der Waals surface area contributed by atoms with E-state index in [9.17, 15) is 22.8 Å². The molecule has 4 aromatic rings. The highest BCUT2D eigenvalue weighted by atomic mass is 19.4. The Morgan fingerprint density at radius 1 is 1.12 bits per heavy atom. The Morgan fingerprint density at radius 2 is 1.93 bits per heavy atom. The van der Waals surface area contributed by atoms with Crippen molar-refractivity contribution in [3.8, 4) is 16.9 Å². The zero-order chi connectivity index (χ0) is 29.3. The number of H-pyrrole nitrogens is 1. The molecule has 1 aliphatic heterocycles. The summed E-state index contributed by atoms with van der Waals surface area (Å²) in [6.45, 7) is 1.30. The van der Waals surface area contributed by atoms with E-state index in [2.05, 4.69) is 15.3 Å². The molecule has 1 N–H and O–H groups in total. The minimum absolute atomic E-state index is 0.0364. The maximum Gasteiger partial charge on any atom is 0.416 e. The Morgan fingerprint density at radius 3 is 2.61 bits per heavy atom. The number of nitrogens with one attached hydrogen (secondary N) is 1. The molecule has 0 radical (unpaired) electrons. The van der Waals surface area contributed by atoms with E-state index < -0.39 is 11.7 Å². The number of benzene rings is 2. The normalized spacial score (nSPS) is 13.8. The lowest BCUT2D eigenvalue weighted by molar-refractivity contribution is -0.137. The summed E-state index contributed by atoms with van der Waals surface area (Å²) in [5.74, 6) is -0.0443. The average molecular weight is 567 g/mol. The molecule has 5 rings (SSSR count). The van der Waals surface area contributed by atoms with E-state index in [1.54, 1.807) is 48.2 Å². The topological polar surface area (TPSA) is 96.3 Å². The van der Waals surface area contributed by atoms with Gasteiger partial charge < -0.3 is 19.5 Å². The summed E-state index contributed by atoms with van der Waals surface area (Å²) < 4.78 is 48.2. The molecule has 214 valence electrons.